The summed E-state index contributed by atoms with van der Waals surface area (Å²) in [6.07, 6.45) is 0. The molecule has 0 radical (unpaired) electrons. The van der Waals surface area contributed by atoms with Crippen LogP contribution in [0.4, 0.5) is 5.69 Å². The van der Waals surface area contributed by atoms with Crippen LogP contribution in [0.1, 0.15) is 23.7 Å². The molecule has 2 aromatic heterocycles. The van der Waals surface area contributed by atoms with Crippen molar-refractivity contribution in [3.05, 3.63) is 56.5 Å². The van der Waals surface area contributed by atoms with E-state index in [0.717, 1.165) is 16.8 Å². The van der Waals surface area contributed by atoms with Crippen molar-refractivity contribution in [1.29, 1.82) is 0 Å². The zero-order valence-electron chi connectivity index (χ0n) is 15.4. The Labute approximate surface area is 165 Å². The second kappa shape index (κ2) is 7.70. The summed E-state index contributed by atoms with van der Waals surface area (Å²) in [6, 6.07) is 7.19. The quantitative estimate of drug-likeness (QED) is 0.508. The molecule has 6 nitrogen and oxygen atoms in total. The van der Waals surface area contributed by atoms with E-state index in [1.54, 1.807) is 25.1 Å². The molecule has 0 saturated heterocycles. The number of H-pyrrole nitrogens is 1. The lowest BCUT2D eigenvalue weighted by Gasteiger charge is -2.14. The average molecular weight is 403 g/mol. The normalized spacial score (nSPS) is 12.2. The Morgan fingerprint density at radius 1 is 1.26 bits per heavy atom. The summed E-state index contributed by atoms with van der Waals surface area (Å²) in [7, 11) is 0. The van der Waals surface area contributed by atoms with Crippen LogP contribution in [0.5, 0.6) is 0 Å². The van der Waals surface area contributed by atoms with E-state index in [0.29, 0.717) is 26.9 Å². The molecule has 2 heterocycles. The summed E-state index contributed by atoms with van der Waals surface area (Å²) >= 11 is 7.26. The molecule has 140 valence electrons. The number of nitrogens with zero attached hydrogens (tertiary/aromatic N) is 2. The first-order valence-corrected chi connectivity index (χ1v) is 9.63. The fourth-order valence-corrected chi connectivity index (χ4v) is 3.68. The van der Waals surface area contributed by atoms with Crippen LogP contribution in [-0.4, -0.2) is 26.1 Å². The molecule has 1 unspecified atom stereocenters. The average Bonchev–Trinajstić information content (AvgIpc) is 2.57. The summed E-state index contributed by atoms with van der Waals surface area (Å²) in [5.74, 6) is -0.207. The number of aromatic nitrogens is 3. The van der Waals surface area contributed by atoms with E-state index in [1.807, 2.05) is 26.8 Å². The van der Waals surface area contributed by atoms with E-state index in [1.165, 1.54) is 11.8 Å². The Hall–Kier alpha value is -2.38. The molecule has 8 heteroatoms. The lowest BCUT2D eigenvalue weighted by atomic mass is 10.2. The Bertz CT molecular complexity index is 1100. The molecule has 0 aliphatic carbocycles. The fraction of sp³-hybridized carbons (Fsp3) is 0.263. The molecule has 3 rings (SSSR count). The van der Waals surface area contributed by atoms with Crippen LogP contribution >= 0.6 is 23.4 Å². The molecule has 0 aliphatic rings. The van der Waals surface area contributed by atoms with Gasteiger partial charge in [0.25, 0.3) is 5.56 Å². The summed E-state index contributed by atoms with van der Waals surface area (Å²) in [6.45, 7) is 7.29. The lowest BCUT2D eigenvalue weighted by molar-refractivity contribution is -0.115. The number of carbonyl (C=O) groups excluding carboxylic acids is 1. The summed E-state index contributed by atoms with van der Waals surface area (Å²) in [5.41, 5.74) is 3.20. The van der Waals surface area contributed by atoms with Gasteiger partial charge in [-0.2, -0.15) is 0 Å². The number of carbonyl (C=O) groups is 1. The number of hydrogen-bond acceptors (Lipinski definition) is 5. The van der Waals surface area contributed by atoms with Gasteiger partial charge in [0.2, 0.25) is 5.91 Å². The van der Waals surface area contributed by atoms with Crippen molar-refractivity contribution < 1.29 is 4.79 Å². The highest BCUT2D eigenvalue weighted by Gasteiger charge is 2.18. The first kappa shape index (κ1) is 19.4. The van der Waals surface area contributed by atoms with Gasteiger partial charge in [-0.25, -0.2) is 9.97 Å². The lowest BCUT2D eigenvalue weighted by Crippen LogP contribution is -2.23. The molecule has 2 N–H and O–H groups in total. The number of benzene rings is 1. The number of fused-ring (bicyclic) bond motifs is 1. The number of halogens is 1. The number of nitrogens with one attached hydrogen (secondary N) is 2. The first-order chi connectivity index (χ1) is 12.8. The van der Waals surface area contributed by atoms with E-state index < -0.39 is 5.25 Å². The molecule has 1 aromatic carbocycles. The highest BCUT2D eigenvalue weighted by molar-refractivity contribution is 8.00. The second-order valence-electron chi connectivity index (χ2n) is 6.31. The first-order valence-electron chi connectivity index (χ1n) is 8.37. The molecule has 27 heavy (non-hydrogen) atoms. The van der Waals surface area contributed by atoms with Gasteiger partial charge in [-0.3, -0.25) is 9.59 Å². The van der Waals surface area contributed by atoms with E-state index >= 15 is 0 Å². The molecular weight excluding hydrogens is 384 g/mol. The van der Waals surface area contributed by atoms with Crippen LogP contribution < -0.4 is 10.9 Å². The standard InChI is InChI=1S/C19H19ClN4O2S/c1-9-8-10(2)21-16-15(9)18(26)24-19(23-16)27-12(4)17(25)22-14-7-5-6-13(20)11(14)3/h5-8,12H,1-4H3,(H,22,25)(H,21,23,24,26). The van der Waals surface area contributed by atoms with Gasteiger partial charge in [0.05, 0.1) is 10.6 Å². The Morgan fingerprint density at radius 3 is 2.74 bits per heavy atom. The monoisotopic (exact) mass is 402 g/mol. The SMILES string of the molecule is Cc1cc(C)c2c(=O)[nH]c(SC(C)C(=O)Nc3cccc(Cl)c3C)nc2n1. The van der Waals surface area contributed by atoms with Crippen molar-refractivity contribution in [3.63, 3.8) is 0 Å². The maximum Gasteiger partial charge on any atom is 0.261 e. The Kier molecular flexibility index (Phi) is 5.53. The third kappa shape index (κ3) is 4.14. The third-order valence-corrected chi connectivity index (χ3v) is 5.56. The molecule has 1 atom stereocenters. The number of pyridine rings is 1. The van der Waals surface area contributed by atoms with Crippen LogP contribution in [0.15, 0.2) is 34.2 Å². The highest BCUT2D eigenvalue weighted by atomic mass is 35.5. The number of rotatable bonds is 4. The van der Waals surface area contributed by atoms with Gasteiger partial charge in [0.15, 0.2) is 10.8 Å². The second-order valence-corrected chi connectivity index (χ2v) is 8.05. The smallest absolute Gasteiger partial charge is 0.261 e. The minimum absolute atomic E-state index is 0.207. The number of amides is 1. The molecule has 0 fully saturated rings. The summed E-state index contributed by atoms with van der Waals surface area (Å²) < 4.78 is 0. The zero-order valence-corrected chi connectivity index (χ0v) is 17.0. The number of thioether (sulfide) groups is 1. The van der Waals surface area contributed by atoms with Crippen LogP contribution in [0, 0.1) is 20.8 Å². The van der Waals surface area contributed by atoms with Gasteiger partial charge in [-0.05, 0) is 57.0 Å². The number of aryl methyl sites for hydroxylation is 2. The third-order valence-electron chi connectivity index (χ3n) is 4.16. The minimum atomic E-state index is -0.477. The molecule has 0 saturated carbocycles. The topological polar surface area (TPSA) is 87.7 Å². The molecule has 0 aliphatic heterocycles. The van der Waals surface area contributed by atoms with Crippen molar-refractivity contribution in [3.8, 4) is 0 Å². The minimum Gasteiger partial charge on any atom is -0.325 e. The largest absolute Gasteiger partial charge is 0.325 e. The maximum absolute atomic E-state index is 12.5. The van der Waals surface area contributed by atoms with E-state index in [2.05, 4.69) is 20.3 Å². The number of anilines is 1. The van der Waals surface area contributed by atoms with Gasteiger partial charge < -0.3 is 10.3 Å². The Morgan fingerprint density at radius 2 is 2.00 bits per heavy atom. The van der Waals surface area contributed by atoms with Crippen molar-refractivity contribution in [2.24, 2.45) is 0 Å². The molecule has 1 amide bonds. The fourth-order valence-electron chi connectivity index (χ4n) is 2.72. The summed E-state index contributed by atoms with van der Waals surface area (Å²) in [4.78, 5) is 36.4. The van der Waals surface area contributed by atoms with Crippen LogP contribution in [0.3, 0.4) is 0 Å². The van der Waals surface area contributed by atoms with Gasteiger partial charge in [0, 0.05) is 16.4 Å². The number of aromatic amines is 1. The maximum atomic E-state index is 12.5. The molecule has 0 bridgehead atoms. The predicted molar refractivity (Wildman–Crippen MR) is 110 cm³/mol. The molecular formula is C19H19ClN4O2S. The van der Waals surface area contributed by atoms with Gasteiger partial charge in [0.1, 0.15) is 0 Å². The van der Waals surface area contributed by atoms with Crippen molar-refractivity contribution >= 4 is 46.0 Å². The molecule has 3 aromatic rings. The molecule has 0 spiro atoms. The summed E-state index contributed by atoms with van der Waals surface area (Å²) in [5, 5.41) is 3.80. The number of hydrogen-bond donors (Lipinski definition) is 2. The van der Waals surface area contributed by atoms with Crippen molar-refractivity contribution in [2.75, 3.05) is 5.32 Å². The zero-order chi connectivity index (χ0) is 19.7. The van der Waals surface area contributed by atoms with Gasteiger partial charge in [-0.1, -0.05) is 29.4 Å². The predicted octanol–water partition coefficient (Wildman–Crippen LogP) is 4.02. The van der Waals surface area contributed by atoms with Crippen molar-refractivity contribution in [1.82, 2.24) is 15.0 Å². The van der Waals surface area contributed by atoms with Crippen molar-refractivity contribution in [2.45, 2.75) is 38.1 Å². The van der Waals surface area contributed by atoms with Gasteiger partial charge >= 0.3 is 0 Å². The van der Waals surface area contributed by atoms with Crippen LogP contribution in [-0.2, 0) is 4.79 Å². The van der Waals surface area contributed by atoms with Crippen LogP contribution in [0.25, 0.3) is 11.0 Å². The van der Waals surface area contributed by atoms with E-state index in [-0.39, 0.29) is 11.5 Å². The Balaban J connectivity index is 1.83. The van der Waals surface area contributed by atoms with Crippen LogP contribution in [0.2, 0.25) is 5.02 Å². The van der Waals surface area contributed by atoms with Gasteiger partial charge in [-0.15, -0.1) is 0 Å². The highest BCUT2D eigenvalue weighted by Crippen LogP contribution is 2.25. The van der Waals surface area contributed by atoms with E-state index in [9.17, 15) is 9.59 Å². The van der Waals surface area contributed by atoms with E-state index in [4.69, 9.17) is 11.6 Å².